The van der Waals surface area contributed by atoms with Crippen molar-refractivity contribution in [3.8, 4) is 0 Å². The van der Waals surface area contributed by atoms with Crippen molar-refractivity contribution in [2.45, 2.75) is 25.9 Å². The average molecular weight is 276 g/mol. The molecule has 1 N–H and O–H groups in total. The van der Waals surface area contributed by atoms with Gasteiger partial charge in [-0.1, -0.05) is 13.8 Å². The van der Waals surface area contributed by atoms with Gasteiger partial charge in [-0.3, -0.25) is 4.79 Å². The first-order chi connectivity index (χ1) is 8.56. The van der Waals surface area contributed by atoms with Gasteiger partial charge in [-0.25, -0.2) is 4.39 Å². The van der Waals surface area contributed by atoms with Crippen molar-refractivity contribution in [1.29, 1.82) is 0 Å². The quantitative estimate of drug-likeness (QED) is 0.837. The van der Waals surface area contributed by atoms with E-state index >= 15 is 0 Å². The van der Waals surface area contributed by atoms with Crippen LogP contribution in [0.15, 0.2) is 18.2 Å². The molecule has 0 bridgehead atoms. The molecule has 104 valence electrons. The molecule has 1 aromatic carbocycles. The summed E-state index contributed by atoms with van der Waals surface area (Å²) in [6.45, 7) is 3.14. The largest absolute Gasteiger partial charge is 0.481 e. The normalized spacial score (nSPS) is 25.2. The van der Waals surface area contributed by atoms with Gasteiger partial charge in [0, 0.05) is 5.92 Å². The summed E-state index contributed by atoms with van der Waals surface area (Å²) in [6, 6.07) is 2.19. The van der Waals surface area contributed by atoms with Crippen LogP contribution in [0.2, 0.25) is 0 Å². The smallest absolute Gasteiger partial charge is 0.416 e. The highest BCUT2D eigenvalue weighted by Gasteiger charge is 2.64. The number of hydrogen-bond donors (Lipinski definition) is 1. The van der Waals surface area contributed by atoms with E-state index in [9.17, 15) is 22.4 Å². The van der Waals surface area contributed by atoms with Gasteiger partial charge >= 0.3 is 12.1 Å². The standard InChI is InChI=1S/C13H12F4O2/c1-12(2)9(10(12)11(18)19)7-5-6(14)3-4-8(7)13(15,16)17/h3-5,9-10H,1-2H3,(H,18,19)/t9-,10+/m1/s1. The highest BCUT2D eigenvalue weighted by atomic mass is 19.4. The van der Waals surface area contributed by atoms with Crippen molar-refractivity contribution in [3.05, 3.63) is 35.1 Å². The molecular formula is C13H12F4O2. The molecule has 2 nitrogen and oxygen atoms in total. The van der Waals surface area contributed by atoms with Crippen molar-refractivity contribution in [3.63, 3.8) is 0 Å². The summed E-state index contributed by atoms with van der Waals surface area (Å²) < 4.78 is 51.8. The minimum Gasteiger partial charge on any atom is -0.481 e. The van der Waals surface area contributed by atoms with E-state index in [4.69, 9.17) is 5.11 Å². The molecule has 0 aliphatic heterocycles. The van der Waals surface area contributed by atoms with Crippen LogP contribution >= 0.6 is 0 Å². The Morgan fingerprint density at radius 3 is 2.32 bits per heavy atom. The number of carboxylic acid groups (broad SMARTS) is 1. The minimum atomic E-state index is -4.62. The molecule has 1 fully saturated rings. The van der Waals surface area contributed by atoms with E-state index in [0.717, 1.165) is 12.1 Å². The second kappa shape index (κ2) is 3.95. The molecule has 2 rings (SSSR count). The average Bonchev–Trinajstić information content (AvgIpc) is 2.79. The van der Waals surface area contributed by atoms with Crippen LogP contribution in [-0.4, -0.2) is 11.1 Å². The molecule has 6 heteroatoms. The third-order valence-electron chi connectivity index (χ3n) is 3.75. The molecule has 1 aliphatic carbocycles. The number of carbonyl (C=O) groups is 1. The maximum Gasteiger partial charge on any atom is 0.416 e. The Bertz CT molecular complexity index is 534. The summed E-state index contributed by atoms with van der Waals surface area (Å²) in [5, 5.41) is 9.01. The van der Waals surface area contributed by atoms with Gasteiger partial charge in [0.2, 0.25) is 0 Å². The lowest BCUT2D eigenvalue weighted by Gasteiger charge is -2.13. The van der Waals surface area contributed by atoms with Crippen LogP contribution in [0.3, 0.4) is 0 Å². The Morgan fingerprint density at radius 1 is 1.32 bits per heavy atom. The summed E-state index contributed by atoms with van der Waals surface area (Å²) in [6.07, 6.45) is -4.62. The summed E-state index contributed by atoms with van der Waals surface area (Å²) >= 11 is 0. The summed E-state index contributed by atoms with van der Waals surface area (Å²) in [5.41, 5.74) is -2.04. The monoisotopic (exact) mass is 276 g/mol. The van der Waals surface area contributed by atoms with Crippen LogP contribution in [0.5, 0.6) is 0 Å². The predicted molar refractivity (Wildman–Crippen MR) is 59.0 cm³/mol. The lowest BCUT2D eigenvalue weighted by atomic mass is 9.97. The molecule has 1 saturated carbocycles. The Labute approximate surface area is 107 Å². The maximum atomic E-state index is 13.2. The zero-order chi connectivity index (χ0) is 14.6. The Balaban J connectivity index is 2.52. The van der Waals surface area contributed by atoms with Gasteiger partial charge in [0.25, 0.3) is 0 Å². The molecule has 0 amide bonds. The van der Waals surface area contributed by atoms with E-state index in [0.29, 0.717) is 6.07 Å². The topological polar surface area (TPSA) is 37.3 Å². The SMILES string of the molecule is CC1(C)[C@H](C(=O)O)[C@H]1c1cc(F)ccc1C(F)(F)F. The van der Waals surface area contributed by atoms with Crippen molar-refractivity contribution >= 4 is 5.97 Å². The van der Waals surface area contributed by atoms with Gasteiger partial charge in [-0.2, -0.15) is 13.2 Å². The Hall–Kier alpha value is -1.59. The van der Waals surface area contributed by atoms with Gasteiger partial charge in [-0.15, -0.1) is 0 Å². The Kier molecular flexibility index (Phi) is 2.88. The second-order valence-electron chi connectivity index (χ2n) is 5.34. The Morgan fingerprint density at radius 2 is 1.89 bits per heavy atom. The molecule has 0 saturated heterocycles. The first-order valence-corrected chi connectivity index (χ1v) is 5.66. The van der Waals surface area contributed by atoms with E-state index in [-0.39, 0.29) is 5.56 Å². The number of rotatable bonds is 2. The maximum absolute atomic E-state index is 13.2. The molecule has 2 atom stereocenters. The fraction of sp³-hybridized carbons (Fsp3) is 0.462. The molecule has 19 heavy (non-hydrogen) atoms. The number of aliphatic carboxylic acids is 1. The number of benzene rings is 1. The van der Waals surface area contributed by atoms with Crippen LogP contribution in [0, 0.1) is 17.2 Å². The van der Waals surface area contributed by atoms with E-state index < -0.39 is 40.8 Å². The van der Waals surface area contributed by atoms with Crippen LogP contribution in [0.1, 0.15) is 30.9 Å². The summed E-state index contributed by atoms with van der Waals surface area (Å²) in [5.74, 6) is -3.70. The van der Waals surface area contributed by atoms with Gasteiger partial charge < -0.3 is 5.11 Å². The first kappa shape index (κ1) is 13.8. The predicted octanol–water partition coefficient (Wildman–Crippen LogP) is 3.67. The van der Waals surface area contributed by atoms with E-state index in [1.54, 1.807) is 13.8 Å². The van der Waals surface area contributed by atoms with Crippen molar-refractivity contribution in [2.24, 2.45) is 11.3 Å². The molecule has 0 unspecified atom stereocenters. The highest BCUT2D eigenvalue weighted by Crippen LogP contribution is 2.65. The van der Waals surface area contributed by atoms with Gasteiger partial charge in [0.05, 0.1) is 11.5 Å². The van der Waals surface area contributed by atoms with Gasteiger partial charge in [0.1, 0.15) is 5.82 Å². The van der Waals surface area contributed by atoms with Crippen LogP contribution in [0.4, 0.5) is 17.6 Å². The molecule has 0 aromatic heterocycles. The highest BCUT2D eigenvalue weighted by molar-refractivity contribution is 5.77. The molecular weight excluding hydrogens is 264 g/mol. The molecule has 1 aromatic rings. The summed E-state index contributed by atoms with van der Waals surface area (Å²) in [7, 11) is 0. The van der Waals surface area contributed by atoms with Crippen LogP contribution < -0.4 is 0 Å². The van der Waals surface area contributed by atoms with E-state index in [1.165, 1.54) is 0 Å². The number of alkyl halides is 3. The van der Waals surface area contributed by atoms with Crippen molar-refractivity contribution in [2.75, 3.05) is 0 Å². The lowest BCUT2D eigenvalue weighted by molar-refractivity contribution is -0.140. The van der Waals surface area contributed by atoms with Crippen molar-refractivity contribution in [1.82, 2.24) is 0 Å². The zero-order valence-corrected chi connectivity index (χ0v) is 10.3. The van der Waals surface area contributed by atoms with Crippen LogP contribution in [0.25, 0.3) is 0 Å². The fourth-order valence-electron chi connectivity index (χ4n) is 2.73. The molecule has 1 aliphatic rings. The van der Waals surface area contributed by atoms with Gasteiger partial charge in [-0.05, 0) is 29.2 Å². The molecule has 0 radical (unpaired) electrons. The minimum absolute atomic E-state index is 0.273. The first-order valence-electron chi connectivity index (χ1n) is 5.66. The fourth-order valence-corrected chi connectivity index (χ4v) is 2.73. The number of halogens is 4. The van der Waals surface area contributed by atoms with Gasteiger partial charge in [0.15, 0.2) is 0 Å². The zero-order valence-electron chi connectivity index (χ0n) is 10.3. The molecule has 0 heterocycles. The summed E-state index contributed by atoms with van der Waals surface area (Å²) in [4.78, 5) is 11.0. The van der Waals surface area contributed by atoms with Crippen molar-refractivity contribution < 1.29 is 27.5 Å². The third kappa shape index (κ3) is 2.19. The van der Waals surface area contributed by atoms with E-state index in [1.807, 2.05) is 0 Å². The lowest BCUT2D eigenvalue weighted by Crippen LogP contribution is -2.10. The number of hydrogen-bond acceptors (Lipinski definition) is 1. The second-order valence-corrected chi connectivity index (χ2v) is 5.34. The number of carboxylic acids is 1. The molecule has 0 spiro atoms. The van der Waals surface area contributed by atoms with Crippen LogP contribution in [-0.2, 0) is 11.0 Å². The van der Waals surface area contributed by atoms with E-state index in [2.05, 4.69) is 0 Å². The third-order valence-corrected chi connectivity index (χ3v) is 3.75.